The van der Waals surface area contributed by atoms with Gasteiger partial charge < -0.3 is 10.1 Å². The largest absolute Gasteiger partial charge is 0.460 e. The third-order valence-electron chi connectivity index (χ3n) is 1.65. The molecule has 0 saturated carbocycles. The predicted octanol–water partition coefficient (Wildman–Crippen LogP) is 2.20. The lowest BCUT2D eigenvalue weighted by atomic mass is 10.2. The zero-order valence-corrected chi connectivity index (χ0v) is 11.0. The fourth-order valence-electron chi connectivity index (χ4n) is 1.08. The Morgan fingerprint density at radius 2 is 2.12 bits per heavy atom. The highest BCUT2D eigenvalue weighted by Gasteiger charge is 2.17. The Morgan fingerprint density at radius 3 is 2.65 bits per heavy atom. The summed E-state index contributed by atoms with van der Waals surface area (Å²) in [6, 6.07) is 0. The van der Waals surface area contributed by atoms with Crippen LogP contribution in [0.4, 0.5) is 5.13 Å². The summed E-state index contributed by atoms with van der Waals surface area (Å²) in [6.07, 6.45) is 1.79. The second-order valence-corrected chi connectivity index (χ2v) is 5.37. The maximum Gasteiger partial charge on any atom is 0.306 e. The van der Waals surface area contributed by atoms with Crippen molar-refractivity contribution in [3.8, 4) is 0 Å². The molecule has 17 heavy (non-hydrogen) atoms. The number of hydrogen-bond donors (Lipinski definition) is 1. The number of amides is 1. The Bertz CT molecular complexity index is 382. The highest BCUT2D eigenvalue weighted by atomic mass is 32.1. The van der Waals surface area contributed by atoms with Crippen LogP contribution in [0.1, 0.15) is 33.6 Å². The minimum atomic E-state index is -0.511. The number of carbonyl (C=O) groups excluding carboxylic acids is 2. The molecule has 5 nitrogen and oxygen atoms in total. The van der Waals surface area contributed by atoms with Gasteiger partial charge in [0.15, 0.2) is 5.13 Å². The summed E-state index contributed by atoms with van der Waals surface area (Å²) in [6.45, 7) is 5.38. The lowest BCUT2D eigenvalue weighted by molar-refractivity contribution is -0.155. The molecule has 6 heteroatoms. The summed E-state index contributed by atoms with van der Waals surface area (Å²) >= 11 is 1.34. The second-order valence-electron chi connectivity index (χ2n) is 4.47. The zero-order chi connectivity index (χ0) is 12.9. The van der Waals surface area contributed by atoms with Gasteiger partial charge in [0.1, 0.15) is 5.60 Å². The number of esters is 1. The molecule has 0 fully saturated rings. The van der Waals surface area contributed by atoms with Crippen LogP contribution in [-0.4, -0.2) is 22.5 Å². The number of thiazole rings is 1. The first-order chi connectivity index (χ1) is 7.87. The van der Waals surface area contributed by atoms with Crippen molar-refractivity contribution in [2.45, 2.75) is 39.2 Å². The van der Waals surface area contributed by atoms with E-state index in [2.05, 4.69) is 10.3 Å². The molecule has 1 rings (SSSR count). The SMILES string of the molecule is CC(C)(C)OC(=O)CCC(=O)Nc1nccs1. The van der Waals surface area contributed by atoms with E-state index in [-0.39, 0.29) is 24.7 Å². The van der Waals surface area contributed by atoms with Crippen molar-refractivity contribution in [1.29, 1.82) is 0 Å². The highest BCUT2D eigenvalue weighted by Crippen LogP contribution is 2.12. The molecule has 0 aliphatic carbocycles. The molecule has 1 aromatic rings. The van der Waals surface area contributed by atoms with Gasteiger partial charge in [-0.3, -0.25) is 9.59 Å². The van der Waals surface area contributed by atoms with Gasteiger partial charge in [-0.05, 0) is 20.8 Å². The molecule has 94 valence electrons. The summed E-state index contributed by atoms with van der Waals surface area (Å²) in [5.41, 5.74) is -0.511. The number of nitrogens with one attached hydrogen (secondary N) is 1. The Kier molecular flexibility index (Phi) is 4.62. The zero-order valence-electron chi connectivity index (χ0n) is 10.1. The topological polar surface area (TPSA) is 68.3 Å². The molecule has 0 aliphatic rings. The van der Waals surface area contributed by atoms with E-state index < -0.39 is 5.60 Å². The summed E-state index contributed by atoms with van der Waals surface area (Å²) in [7, 11) is 0. The number of rotatable bonds is 4. The minimum Gasteiger partial charge on any atom is -0.460 e. The summed E-state index contributed by atoms with van der Waals surface area (Å²) in [4.78, 5) is 26.7. The molecular weight excluding hydrogens is 240 g/mol. The number of aromatic nitrogens is 1. The average molecular weight is 256 g/mol. The van der Waals surface area contributed by atoms with Crippen LogP contribution >= 0.6 is 11.3 Å². The molecule has 0 bridgehead atoms. The number of nitrogens with zero attached hydrogens (tertiary/aromatic N) is 1. The van der Waals surface area contributed by atoms with Crippen molar-refractivity contribution in [2.75, 3.05) is 5.32 Å². The first-order valence-corrected chi connectivity index (χ1v) is 6.16. The lowest BCUT2D eigenvalue weighted by Crippen LogP contribution is -2.24. The van der Waals surface area contributed by atoms with E-state index in [9.17, 15) is 9.59 Å². The van der Waals surface area contributed by atoms with Crippen LogP contribution in [0, 0.1) is 0 Å². The van der Waals surface area contributed by atoms with Crippen molar-refractivity contribution >= 4 is 28.3 Å². The van der Waals surface area contributed by atoms with Crippen molar-refractivity contribution in [3.05, 3.63) is 11.6 Å². The molecule has 1 heterocycles. The molecule has 1 amide bonds. The highest BCUT2D eigenvalue weighted by molar-refractivity contribution is 7.13. The van der Waals surface area contributed by atoms with Crippen LogP contribution in [0.3, 0.4) is 0 Å². The van der Waals surface area contributed by atoms with Gasteiger partial charge in [0.05, 0.1) is 6.42 Å². The third kappa shape index (κ3) is 6.01. The van der Waals surface area contributed by atoms with Crippen molar-refractivity contribution in [2.24, 2.45) is 0 Å². The van der Waals surface area contributed by atoms with E-state index in [4.69, 9.17) is 4.74 Å². The van der Waals surface area contributed by atoms with E-state index in [0.717, 1.165) is 0 Å². The van der Waals surface area contributed by atoms with Crippen LogP contribution < -0.4 is 5.32 Å². The fraction of sp³-hybridized carbons (Fsp3) is 0.545. The molecule has 0 aliphatic heterocycles. The van der Waals surface area contributed by atoms with Crippen LogP contribution in [0.15, 0.2) is 11.6 Å². The third-order valence-corrected chi connectivity index (χ3v) is 2.34. The molecular formula is C11H16N2O3S. The number of hydrogen-bond acceptors (Lipinski definition) is 5. The number of ether oxygens (including phenoxy) is 1. The van der Waals surface area contributed by atoms with E-state index >= 15 is 0 Å². The Balaban J connectivity index is 2.26. The van der Waals surface area contributed by atoms with Gasteiger partial charge in [0.25, 0.3) is 0 Å². The van der Waals surface area contributed by atoms with Gasteiger partial charge in [-0.25, -0.2) is 4.98 Å². The van der Waals surface area contributed by atoms with Gasteiger partial charge in [0, 0.05) is 18.0 Å². The first kappa shape index (κ1) is 13.6. The van der Waals surface area contributed by atoms with Crippen molar-refractivity contribution in [1.82, 2.24) is 4.98 Å². The van der Waals surface area contributed by atoms with E-state index in [1.807, 2.05) is 0 Å². The maximum absolute atomic E-state index is 11.4. The fourth-order valence-corrected chi connectivity index (χ4v) is 1.62. The van der Waals surface area contributed by atoms with Crippen molar-refractivity contribution < 1.29 is 14.3 Å². The van der Waals surface area contributed by atoms with Gasteiger partial charge >= 0.3 is 5.97 Å². The van der Waals surface area contributed by atoms with E-state index in [1.165, 1.54) is 11.3 Å². The number of anilines is 1. The molecule has 0 spiro atoms. The van der Waals surface area contributed by atoms with Gasteiger partial charge in [-0.2, -0.15) is 0 Å². The molecule has 0 saturated heterocycles. The van der Waals surface area contributed by atoms with Crippen LogP contribution in [0.25, 0.3) is 0 Å². The summed E-state index contributed by atoms with van der Waals surface area (Å²) in [5.74, 6) is -0.599. The van der Waals surface area contributed by atoms with Gasteiger partial charge in [0.2, 0.25) is 5.91 Å². The average Bonchev–Trinajstić information content (AvgIpc) is 2.64. The molecule has 0 atom stereocenters. The molecule has 0 radical (unpaired) electrons. The Hall–Kier alpha value is -1.43. The standard InChI is InChI=1S/C11H16N2O3S/c1-11(2,3)16-9(15)5-4-8(14)13-10-12-6-7-17-10/h6-7H,4-5H2,1-3H3,(H,12,13,14). The van der Waals surface area contributed by atoms with E-state index in [1.54, 1.807) is 32.3 Å². The van der Waals surface area contributed by atoms with E-state index in [0.29, 0.717) is 5.13 Å². The first-order valence-electron chi connectivity index (χ1n) is 5.28. The molecule has 1 aromatic heterocycles. The maximum atomic E-state index is 11.4. The smallest absolute Gasteiger partial charge is 0.306 e. The normalized spacial score (nSPS) is 11.0. The monoisotopic (exact) mass is 256 g/mol. The Morgan fingerprint density at radius 1 is 1.41 bits per heavy atom. The Labute approximate surface area is 104 Å². The number of carbonyl (C=O) groups is 2. The minimum absolute atomic E-state index is 0.0779. The van der Waals surface area contributed by atoms with Crippen LogP contribution in [-0.2, 0) is 14.3 Å². The van der Waals surface area contributed by atoms with Crippen molar-refractivity contribution in [3.63, 3.8) is 0 Å². The molecule has 0 aromatic carbocycles. The van der Waals surface area contributed by atoms with Crippen LogP contribution in [0.5, 0.6) is 0 Å². The molecule has 0 unspecified atom stereocenters. The lowest BCUT2D eigenvalue weighted by Gasteiger charge is -2.19. The van der Waals surface area contributed by atoms with Crippen LogP contribution in [0.2, 0.25) is 0 Å². The van der Waals surface area contributed by atoms with Gasteiger partial charge in [-0.1, -0.05) is 0 Å². The quantitative estimate of drug-likeness (QED) is 0.838. The summed E-state index contributed by atoms with van der Waals surface area (Å²) < 4.78 is 5.09. The van der Waals surface area contributed by atoms with Gasteiger partial charge in [-0.15, -0.1) is 11.3 Å². The second kappa shape index (κ2) is 5.77. The summed E-state index contributed by atoms with van der Waals surface area (Å²) in [5, 5.41) is 4.91. The predicted molar refractivity (Wildman–Crippen MR) is 65.8 cm³/mol. The molecule has 1 N–H and O–H groups in total.